The largest absolute Gasteiger partial charge is 0.492 e. The van der Waals surface area contributed by atoms with Crippen LogP contribution in [0.25, 0.3) is 0 Å². The Morgan fingerprint density at radius 3 is 2.91 bits per heavy atom. The summed E-state index contributed by atoms with van der Waals surface area (Å²) >= 11 is 0. The molecule has 2 N–H and O–H groups in total. The lowest BCUT2D eigenvalue weighted by molar-refractivity contribution is -0.115. The molecular formula is C18H21ClN2O2. The molecule has 3 rings (SSSR count). The van der Waals surface area contributed by atoms with Crippen LogP contribution in [0, 0.1) is 6.92 Å². The monoisotopic (exact) mass is 332 g/mol. The predicted octanol–water partition coefficient (Wildman–Crippen LogP) is 3.08. The van der Waals surface area contributed by atoms with Gasteiger partial charge < -0.3 is 15.4 Å². The zero-order chi connectivity index (χ0) is 15.4. The summed E-state index contributed by atoms with van der Waals surface area (Å²) in [5.74, 6) is 0.888. The van der Waals surface area contributed by atoms with Gasteiger partial charge >= 0.3 is 0 Å². The van der Waals surface area contributed by atoms with Crippen LogP contribution < -0.4 is 15.4 Å². The number of hydrogen-bond donors (Lipinski definition) is 2. The summed E-state index contributed by atoms with van der Waals surface area (Å²) in [4.78, 5) is 12.2. The number of amides is 1. The summed E-state index contributed by atoms with van der Waals surface area (Å²) in [5, 5.41) is 6.26. The highest BCUT2D eigenvalue weighted by Gasteiger charge is 2.11. The van der Waals surface area contributed by atoms with Gasteiger partial charge in [-0.25, -0.2) is 0 Å². The number of ether oxygens (including phenoxy) is 1. The molecule has 0 saturated heterocycles. The van der Waals surface area contributed by atoms with Crippen molar-refractivity contribution in [3.8, 4) is 5.75 Å². The summed E-state index contributed by atoms with van der Waals surface area (Å²) in [7, 11) is 0. The first-order chi connectivity index (χ1) is 10.7. The molecule has 1 heterocycles. The maximum absolute atomic E-state index is 12.2. The zero-order valence-electron chi connectivity index (χ0n) is 13.1. The van der Waals surface area contributed by atoms with Gasteiger partial charge in [0.25, 0.3) is 0 Å². The molecule has 5 heteroatoms. The van der Waals surface area contributed by atoms with Gasteiger partial charge in [-0.2, -0.15) is 0 Å². The fourth-order valence-corrected chi connectivity index (χ4v) is 2.58. The van der Waals surface area contributed by atoms with E-state index in [2.05, 4.69) is 10.6 Å². The van der Waals surface area contributed by atoms with Gasteiger partial charge in [0.15, 0.2) is 0 Å². The van der Waals surface area contributed by atoms with Gasteiger partial charge in [0.2, 0.25) is 5.91 Å². The van der Waals surface area contributed by atoms with E-state index in [9.17, 15) is 4.79 Å². The highest BCUT2D eigenvalue weighted by molar-refractivity contribution is 5.92. The number of rotatable bonds is 3. The van der Waals surface area contributed by atoms with Gasteiger partial charge in [0, 0.05) is 24.3 Å². The molecule has 2 aromatic carbocycles. The molecule has 0 radical (unpaired) electrons. The van der Waals surface area contributed by atoms with E-state index < -0.39 is 0 Å². The average Bonchev–Trinajstić information content (AvgIpc) is 2.74. The van der Waals surface area contributed by atoms with E-state index in [1.165, 1.54) is 0 Å². The minimum Gasteiger partial charge on any atom is -0.492 e. The maximum atomic E-state index is 12.2. The van der Waals surface area contributed by atoms with Crippen molar-refractivity contribution in [3.63, 3.8) is 0 Å². The SMILES string of the molecule is Cc1ccccc1CC(=O)Nc1ccc2c(c1)CNCCO2.Cl. The van der Waals surface area contributed by atoms with Crippen molar-refractivity contribution in [3.05, 3.63) is 59.2 Å². The molecule has 4 nitrogen and oxygen atoms in total. The van der Waals surface area contributed by atoms with Crippen LogP contribution in [0.3, 0.4) is 0 Å². The van der Waals surface area contributed by atoms with Crippen molar-refractivity contribution in [2.45, 2.75) is 19.9 Å². The number of nitrogens with one attached hydrogen (secondary N) is 2. The van der Waals surface area contributed by atoms with Crippen molar-refractivity contribution in [1.29, 1.82) is 0 Å². The molecule has 0 aromatic heterocycles. The molecule has 0 saturated carbocycles. The van der Waals surface area contributed by atoms with Crippen molar-refractivity contribution >= 4 is 24.0 Å². The predicted molar refractivity (Wildman–Crippen MR) is 94.4 cm³/mol. The van der Waals surface area contributed by atoms with Crippen LogP contribution in [0.2, 0.25) is 0 Å². The molecule has 0 atom stereocenters. The summed E-state index contributed by atoms with van der Waals surface area (Å²) in [6.07, 6.45) is 0.387. The van der Waals surface area contributed by atoms with E-state index in [-0.39, 0.29) is 18.3 Å². The van der Waals surface area contributed by atoms with Crippen LogP contribution in [0.15, 0.2) is 42.5 Å². The number of carbonyl (C=O) groups is 1. The second kappa shape index (κ2) is 7.99. The molecule has 0 fully saturated rings. The highest BCUT2D eigenvalue weighted by Crippen LogP contribution is 2.24. The topological polar surface area (TPSA) is 50.4 Å². The normalized spacial score (nSPS) is 13.1. The number of hydrogen-bond acceptors (Lipinski definition) is 3. The minimum absolute atomic E-state index is 0. The fourth-order valence-electron chi connectivity index (χ4n) is 2.58. The smallest absolute Gasteiger partial charge is 0.228 e. The van der Waals surface area contributed by atoms with E-state index in [1.807, 2.05) is 49.4 Å². The fraction of sp³-hybridized carbons (Fsp3) is 0.278. The first-order valence-electron chi connectivity index (χ1n) is 7.53. The molecule has 23 heavy (non-hydrogen) atoms. The Morgan fingerprint density at radius 2 is 2.09 bits per heavy atom. The zero-order valence-corrected chi connectivity index (χ0v) is 13.9. The van der Waals surface area contributed by atoms with Crippen LogP contribution >= 0.6 is 12.4 Å². The lowest BCUT2D eigenvalue weighted by Crippen LogP contribution is -2.16. The van der Waals surface area contributed by atoms with Crippen LogP contribution in [0.5, 0.6) is 5.75 Å². The Morgan fingerprint density at radius 1 is 1.26 bits per heavy atom. The molecule has 1 aliphatic rings. The molecule has 0 spiro atoms. The minimum atomic E-state index is -0.00301. The maximum Gasteiger partial charge on any atom is 0.228 e. The lowest BCUT2D eigenvalue weighted by atomic mass is 10.1. The van der Waals surface area contributed by atoms with E-state index in [0.717, 1.165) is 41.2 Å². The summed E-state index contributed by atoms with van der Waals surface area (Å²) in [6, 6.07) is 13.7. The first-order valence-corrected chi connectivity index (χ1v) is 7.53. The van der Waals surface area contributed by atoms with E-state index in [4.69, 9.17) is 4.74 Å². The molecule has 0 aliphatic carbocycles. The number of anilines is 1. The molecule has 1 aliphatic heterocycles. The average molecular weight is 333 g/mol. The Labute approximate surface area is 142 Å². The third-order valence-electron chi connectivity index (χ3n) is 3.81. The third kappa shape index (κ3) is 4.47. The van der Waals surface area contributed by atoms with Crippen LogP contribution in [-0.4, -0.2) is 19.1 Å². The highest BCUT2D eigenvalue weighted by atomic mass is 35.5. The lowest BCUT2D eigenvalue weighted by Gasteiger charge is -2.11. The standard InChI is InChI=1S/C18H20N2O2.ClH/c1-13-4-2-3-5-14(13)11-18(21)20-16-6-7-17-15(10-16)12-19-8-9-22-17;/h2-7,10,19H,8-9,11-12H2,1H3,(H,20,21);1H. The number of fused-ring (bicyclic) bond motifs is 1. The van der Waals surface area contributed by atoms with Gasteiger partial charge in [-0.05, 0) is 36.2 Å². The summed E-state index contributed by atoms with van der Waals surface area (Å²) in [5.41, 5.74) is 4.08. The van der Waals surface area contributed by atoms with Crippen LogP contribution in [0.4, 0.5) is 5.69 Å². The molecule has 0 unspecified atom stereocenters. The van der Waals surface area contributed by atoms with Gasteiger partial charge in [0.05, 0.1) is 6.42 Å². The van der Waals surface area contributed by atoms with E-state index in [0.29, 0.717) is 13.0 Å². The van der Waals surface area contributed by atoms with E-state index in [1.54, 1.807) is 0 Å². The van der Waals surface area contributed by atoms with Crippen molar-refractivity contribution < 1.29 is 9.53 Å². The van der Waals surface area contributed by atoms with Gasteiger partial charge in [-0.3, -0.25) is 4.79 Å². The Bertz CT molecular complexity index is 688. The Balaban J connectivity index is 0.00000192. The molecular weight excluding hydrogens is 312 g/mol. The van der Waals surface area contributed by atoms with Gasteiger partial charge in [-0.1, -0.05) is 24.3 Å². The summed E-state index contributed by atoms with van der Waals surface area (Å²) < 4.78 is 5.64. The Hall–Kier alpha value is -2.04. The Kier molecular flexibility index (Phi) is 6.02. The number of carbonyl (C=O) groups excluding carboxylic acids is 1. The van der Waals surface area contributed by atoms with E-state index >= 15 is 0 Å². The summed E-state index contributed by atoms with van der Waals surface area (Å²) in [6.45, 7) is 4.29. The van der Waals surface area contributed by atoms with Crippen molar-refractivity contribution in [2.24, 2.45) is 0 Å². The van der Waals surface area contributed by atoms with Crippen LogP contribution in [0.1, 0.15) is 16.7 Å². The van der Waals surface area contributed by atoms with Gasteiger partial charge in [0.1, 0.15) is 12.4 Å². The van der Waals surface area contributed by atoms with Gasteiger partial charge in [-0.15, -0.1) is 12.4 Å². The van der Waals surface area contributed by atoms with Crippen molar-refractivity contribution in [2.75, 3.05) is 18.5 Å². The second-order valence-corrected chi connectivity index (χ2v) is 5.50. The molecule has 0 bridgehead atoms. The third-order valence-corrected chi connectivity index (χ3v) is 3.81. The quantitative estimate of drug-likeness (QED) is 0.908. The first kappa shape index (κ1) is 17.3. The van der Waals surface area contributed by atoms with Crippen molar-refractivity contribution in [1.82, 2.24) is 5.32 Å². The number of halogens is 1. The molecule has 122 valence electrons. The number of benzene rings is 2. The molecule has 1 amide bonds. The van der Waals surface area contributed by atoms with Crippen LogP contribution in [-0.2, 0) is 17.8 Å². The second-order valence-electron chi connectivity index (χ2n) is 5.50. The molecule has 2 aromatic rings. The number of aryl methyl sites for hydroxylation is 1.